The number of nitrogens with one attached hydrogen (secondary N) is 1. The highest BCUT2D eigenvalue weighted by molar-refractivity contribution is 7.09. The predicted octanol–water partition coefficient (Wildman–Crippen LogP) is 2.59. The predicted molar refractivity (Wildman–Crippen MR) is 78.9 cm³/mol. The van der Waals surface area contributed by atoms with Crippen LogP contribution in [0, 0.1) is 0 Å². The first-order valence-electron chi connectivity index (χ1n) is 6.50. The van der Waals surface area contributed by atoms with Gasteiger partial charge in [0.15, 0.2) is 5.69 Å². The van der Waals surface area contributed by atoms with Crippen molar-refractivity contribution in [2.45, 2.75) is 26.3 Å². The molecule has 8 heteroatoms. The quantitative estimate of drug-likeness (QED) is 0.811. The van der Waals surface area contributed by atoms with Gasteiger partial charge in [-0.25, -0.2) is 9.78 Å². The van der Waals surface area contributed by atoms with E-state index in [1.54, 1.807) is 12.4 Å². The number of hydrogen-bond acceptors (Lipinski definition) is 7. The SMILES string of the molecule is CCCOc1cncc(NC(C)c2nc(C(=O)O)cs2)n1. The van der Waals surface area contributed by atoms with E-state index in [-0.39, 0.29) is 11.7 Å². The van der Waals surface area contributed by atoms with Crippen molar-refractivity contribution in [2.24, 2.45) is 0 Å². The minimum atomic E-state index is -1.03. The topological polar surface area (TPSA) is 97.2 Å². The molecule has 0 amide bonds. The molecule has 0 aromatic carbocycles. The molecule has 7 nitrogen and oxygen atoms in total. The molecular formula is C13H16N4O3S. The smallest absolute Gasteiger partial charge is 0.355 e. The fourth-order valence-corrected chi connectivity index (χ4v) is 2.36. The average Bonchev–Trinajstić information content (AvgIpc) is 2.95. The van der Waals surface area contributed by atoms with Gasteiger partial charge in [0.05, 0.1) is 25.0 Å². The van der Waals surface area contributed by atoms with Gasteiger partial charge in [-0.1, -0.05) is 6.92 Å². The minimum Gasteiger partial charge on any atom is -0.477 e. The van der Waals surface area contributed by atoms with Gasteiger partial charge >= 0.3 is 5.97 Å². The third-order valence-electron chi connectivity index (χ3n) is 2.54. The number of carbonyl (C=O) groups is 1. The zero-order valence-electron chi connectivity index (χ0n) is 11.7. The maximum Gasteiger partial charge on any atom is 0.355 e. The molecule has 2 N–H and O–H groups in total. The number of carboxylic acid groups (broad SMARTS) is 1. The van der Waals surface area contributed by atoms with E-state index in [4.69, 9.17) is 9.84 Å². The Labute approximate surface area is 126 Å². The lowest BCUT2D eigenvalue weighted by atomic mass is 10.3. The summed E-state index contributed by atoms with van der Waals surface area (Å²) >= 11 is 1.29. The summed E-state index contributed by atoms with van der Waals surface area (Å²) in [5, 5.41) is 14.2. The standard InChI is InChI=1S/C13H16N4O3S/c1-3-4-20-11-6-14-5-10(17-11)15-8(2)12-16-9(7-21-12)13(18)19/h5-8H,3-4H2,1-2H3,(H,15,17)(H,18,19). The van der Waals surface area contributed by atoms with Gasteiger partial charge in [-0.3, -0.25) is 4.98 Å². The normalized spacial score (nSPS) is 11.9. The van der Waals surface area contributed by atoms with Crippen molar-refractivity contribution >= 4 is 23.1 Å². The molecule has 21 heavy (non-hydrogen) atoms. The van der Waals surface area contributed by atoms with Crippen LogP contribution in [-0.4, -0.2) is 32.6 Å². The first-order valence-corrected chi connectivity index (χ1v) is 7.38. The second-order valence-corrected chi connectivity index (χ2v) is 5.22. The number of rotatable bonds is 7. The molecule has 0 radical (unpaired) electrons. The highest BCUT2D eigenvalue weighted by atomic mass is 32.1. The van der Waals surface area contributed by atoms with Gasteiger partial charge in [-0.05, 0) is 13.3 Å². The molecule has 1 atom stereocenters. The Morgan fingerprint density at radius 1 is 1.48 bits per heavy atom. The summed E-state index contributed by atoms with van der Waals surface area (Å²) in [5.74, 6) is -0.0120. The lowest BCUT2D eigenvalue weighted by Crippen LogP contribution is -2.09. The zero-order chi connectivity index (χ0) is 15.2. The summed E-state index contributed by atoms with van der Waals surface area (Å²) in [6, 6.07) is -0.168. The molecular weight excluding hydrogens is 292 g/mol. The van der Waals surface area contributed by atoms with Crippen LogP contribution in [0.2, 0.25) is 0 Å². The molecule has 2 aromatic heterocycles. The maximum absolute atomic E-state index is 10.8. The molecule has 1 unspecified atom stereocenters. The van der Waals surface area contributed by atoms with Crippen LogP contribution in [0.15, 0.2) is 17.8 Å². The maximum atomic E-state index is 10.8. The van der Waals surface area contributed by atoms with Crippen molar-refractivity contribution in [2.75, 3.05) is 11.9 Å². The van der Waals surface area contributed by atoms with Crippen LogP contribution in [-0.2, 0) is 0 Å². The third kappa shape index (κ3) is 4.12. The van der Waals surface area contributed by atoms with Gasteiger partial charge in [0.2, 0.25) is 5.88 Å². The number of ether oxygens (including phenoxy) is 1. The number of thiazole rings is 1. The van der Waals surface area contributed by atoms with Crippen molar-refractivity contribution in [3.8, 4) is 5.88 Å². The van der Waals surface area contributed by atoms with E-state index in [9.17, 15) is 4.79 Å². The third-order valence-corrected chi connectivity index (χ3v) is 3.57. The Bertz CT molecular complexity index is 617. The molecule has 2 aromatic rings. The highest BCUT2D eigenvalue weighted by Gasteiger charge is 2.14. The van der Waals surface area contributed by atoms with Crippen LogP contribution in [0.5, 0.6) is 5.88 Å². The molecule has 0 aliphatic carbocycles. The van der Waals surface area contributed by atoms with Gasteiger partial charge in [-0.15, -0.1) is 11.3 Å². The number of aromatic nitrogens is 3. The molecule has 0 saturated carbocycles. The molecule has 0 fully saturated rings. The fourth-order valence-electron chi connectivity index (χ4n) is 1.56. The summed E-state index contributed by atoms with van der Waals surface area (Å²) in [5.41, 5.74) is 0.0507. The molecule has 0 bridgehead atoms. The van der Waals surface area contributed by atoms with Gasteiger partial charge < -0.3 is 15.2 Å². The van der Waals surface area contributed by atoms with Gasteiger partial charge in [0.1, 0.15) is 10.8 Å². The van der Waals surface area contributed by atoms with E-state index >= 15 is 0 Å². The Hall–Kier alpha value is -2.22. The minimum absolute atomic E-state index is 0.0507. The summed E-state index contributed by atoms with van der Waals surface area (Å²) in [7, 11) is 0. The van der Waals surface area contributed by atoms with Crippen LogP contribution in [0.25, 0.3) is 0 Å². The zero-order valence-corrected chi connectivity index (χ0v) is 12.6. The molecule has 112 valence electrons. The van der Waals surface area contributed by atoms with Crippen molar-refractivity contribution < 1.29 is 14.6 Å². The van der Waals surface area contributed by atoms with Gasteiger partial charge in [-0.2, -0.15) is 4.98 Å². The van der Waals surface area contributed by atoms with E-state index in [2.05, 4.69) is 20.3 Å². The number of anilines is 1. The first kappa shape index (κ1) is 15.2. The highest BCUT2D eigenvalue weighted by Crippen LogP contribution is 2.22. The van der Waals surface area contributed by atoms with Crippen LogP contribution in [0.1, 0.15) is 41.8 Å². The lowest BCUT2D eigenvalue weighted by Gasteiger charge is -2.12. The summed E-state index contributed by atoms with van der Waals surface area (Å²) in [4.78, 5) is 23.2. The van der Waals surface area contributed by atoms with Crippen molar-refractivity contribution in [1.82, 2.24) is 15.0 Å². The van der Waals surface area contributed by atoms with E-state index < -0.39 is 5.97 Å². The summed E-state index contributed by atoms with van der Waals surface area (Å²) in [6.07, 6.45) is 4.03. The largest absolute Gasteiger partial charge is 0.477 e. The molecule has 2 rings (SSSR count). The summed E-state index contributed by atoms with van der Waals surface area (Å²) in [6.45, 7) is 4.48. The van der Waals surface area contributed by atoms with Crippen molar-refractivity contribution in [3.05, 3.63) is 28.5 Å². The molecule has 0 spiro atoms. The second-order valence-electron chi connectivity index (χ2n) is 4.33. The van der Waals surface area contributed by atoms with Crippen LogP contribution >= 0.6 is 11.3 Å². The van der Waals surface area contributed by atoms with Crippen LogP contribution in [0.3, 0.4) is 0 Å². The van der Waals surface area contributed by atoms with Gasteiger partial charge in [0, 0.05) is 5.38 Å². The molecule has 0 aliphatic heterocycles. The molecule has 0 aliphatic rings. The number of nitrogens with zero attached hydrogens (tertiary/aromatic N) is 3. The fraction of sp³-hybridized carbons (Fsp3) is 0.385. The van der Waals surface area contributed by atoms with Crippen LogP contribution < -0.4 is 10.1 Å². The lowest BCUT2D eigenvalue weighted by molar-refractivity contribution is 0.0691. The Kier molecular flexibility index (Phi) is 5.04. The number of hydrogen-bond donors (Lipinski definition) is 2. The van der Waals surface area contributed by atoms with Crippen molar-refractivity contribution in [3.63, 3.8) is 0 Å². The molecule has 2 heterocycles. The Balaban J connectivity index is 2.04. The summed E-state index contributed by atoms with van der Waals surface area (Å²) < 4.78 is 5.41. The van der Waals surface area contributed by atoms with Crippen LogP contribution in [0.4, 0.5) is 5.82 Å². The van der Waals surface area contributed by atoms with Gasteiger partial charge in [0.25, 0.3) is 0 Å². The monoisotopic (exact) mass is 308 g/mol. The van der Waals surface area contributed by atoms with E-state index in [1.165, 1.54) is 16.7 Å². The van der Waals surface area contributed by atoms with E-state index in [1.807, 2.05) is 13.8 Å². The van der Waals surface area contributed by atoms with Crippen molar-refractivity contribution in [1.29, 1.82) is 0 Å². The Morgan fingerprint density at radius 3 is 2.95 bits per heavy atom. The molecule has 0 saturated heterocycles. The Morgan fingerprint density at radius 2 is 2.29 bits per heavy atom. The van der Waals surface area contributed by atoms with E-state index in [0.717, 1.165) is 6.42 Å². The number of aromatic carboxylic acids is 1. The first-order chi connectivity index (χ1) is 10.1. The van der Waals surface area contributed by atoms with E-state index in [0.29, 0.717) is 23.3 Å². The second kappa shape index (κ2) is 6.98. The number of carboxylic acids is 1. The average molecular weight is 308 g/mol.